The Morgan fingerprint density at radius 1 is 1.33 bits per heavy atom. The van der Waals surface area contributed by atoms with Gasteiger partial charge in [-0.15, -0.1) is 0 Å². The van der Waals surface area contributed by atoms with Gasteiger partial charge >= 0.3 is 0 Å². The van der Waals surface area contributed by atoms with Crippen molar-refractivity contribution in [1.82, 2.24) is 0 Å². The SMILES string of the molecule is CC1(C)[C@@H]2CC[C@@]1(C)[C@H](O)[C@@H]2N. The van der Waals surface area contributed by atoms with Crippen LogP contribution >= 0.6 is 0 Å². The molecule has 4 atom stereocenters. The molecule has 2 bridgehead atoms. The monoisotopic (exact) mass is 169 g/mol. The van der Waals surface area contributed by atoms with E-state index in [0.717, 1.165) is 6.42 Å². The van der Waals surface area contributed by atoms with Crippen molar-refractivity contribution in [1.29, 1.82) is 0 Å². The normalized spacial score (nSPS) is 56.2. The summed E-state index contributed by atoms with van der Waals surface area (Å²) in [5.74, 6) is 0.525. The zero-order valence-electron chi connectivity index (χ0n) is 8.17. The van der Waals surface area contributed by atoms with Crippen LogP contribution in [0.4, 0.5) is 0 Å². The highest BCUT2D eigenvalue weighted by Crippen LogP contribution is 2.64. The highest BCUT2D eigenvalue weighted by molar-refractivity contribution is 5.16. The molecule has 2 aliphatic carbocycles. The number of aliphatic hydroxyl groups excluding tert-OH is 1. The average Bonchev–Trinajstić information content (AvgIpc) is 2.26. The summed E-state index contributed by atoms with van der Waals surface area (Å²) in [6.07, 6.45) is 2.05. The van der Waals surface area contributed by atoms with Gasteiger partial charge in [0.15, 0.2) is 0 Å². The van der Waals surface area contributed by atoms with E-state index in [1.54, 1.807) is 0 Å². The Balaban J connectivity index is 2.44. The Labute approximate surface area is 74.1 Å². The topological polar surface area (TPSA) is 46.2 Å². The molecule has 0 radical (unpaired) electrons. The minimum absolute atomic E-state index is 0.0127. The molecule has 2 rings (SSSR count). The molecule has 2 fully saturated rings. The lowest BCUT2D eigenvalue weighted by atomic mass is 9.70. The zero-order chi connectivity index (χ0) is 9.15. The van der Waals surface area contributed by atoms with E-state index in [1.807, 2.05) is 0 Å². The maximum absolute atomic E-state index is 9.96. The van der Waals surface area contributed by atoms with E-state index in [1.165, 1.54) is 6.42 Å². The predicted octanol–water partition coefficient (Wildman–Crippen LogP) is 1.13. The lowest BCUT2D eigenvalue weighted by Gasteiger charge is -2.36. The Morgan fingerprint density at radius 3 is 2.17 bits per heavy atom. The summed E-state index contributed by atoms with van der Waals surface area (Å²) in [4.78, 5) is 0. The van der Waals surface area contributed by atoms with Gasteiger partial charge in [0, 0.05) is 11.5 Å². The van der Waals surface area contributed by atoms with Crippen LogP contribution in [0.2, 0.25) is 0 Å². The fourth-order valence-corrected chi connectivity index (χ4v) is 3.41. The van der Waals surface area contributed by atoms with Crippen molar-refractivity contribution in [3.8, 4) is 0 Å². The number of hydrogen-bond donors (Lipinski definition) is 2. The molecule has 0 saturated heterocycles. The molecule has 0 spiro atoms. The minimum atomic E-state index is -0.286. The number of hydrogen-bond acceptors (Lipinski definition) is 2. The molecule has 0 amide bonds. The number of rotatable bonds is 0. The van der Waals surface area contributed by atoms with Crippen LogP contribution in [0.1, 0.15) is 33.6 Å². The van der Waals surface area contributed by atoms with Crippen LogP contribution in [0, 0.1) is 16.7 Å². The Hall–Kier alpha value is -0.0800. The van der Waals surface area contributed by atoms with Gasteiger partial charge in [0.25, 0.3) is 0 Å². The summed E-state index contributed by atoms with van der Waals surface area (Å²) in [6.45, 7) is 6.69. The van der Waals surface area contributed by atoms with Crippen molar-refractivity contribution in [2.75, 3.05) is 0 Å². The predicted molar refractivity (Wildman–Crippen MR) is 48.6 cm³/mol. The first-order chi connectivity index (χ1) is 5.41. The number of fused-ring (bicyclic) bond motifs is 2. The lowest BCUT2D eigenvalue weighted by Crippen LogP contribution is -2.43. The molecule has 2 aliphatic rings. The second-order valence-corrected chi connectivity index (χ2v) is 5.31. The van der Waals surface area contributed by atoms with Crippen LogP contribution in [0.5, 0.6) is 0 Å². The van der Waals surface area contributed by atoms with Gasteiger partial charge in [0.1, 0.15) is 0 Å². The summed E-state index contributed by atoms with van der Waals surface area (Å²) in [5, 5.41) is 9.96. The van der Waals surface area contributed by atoms with Crippen molar-refractivity contribution in [2.24, 2.45) is 22.5 Å². The van der Waals surface area contributed by atoms with Crippen molar-refractivity contribution < 1.29 is 5.11 Å². The first-order valence-electron chi connectivity index (χ1n) is 4.85. The molecule has 0 aromatic carbocycles. The van der Waals surface area contributed by atoms with Crippen molar-refractivity contribution in [2.45, 2.75) is 45.8 Å². The lowest BCUT2D eigenvalue weighted by molar-refractivity contribution is 0.00582. The molecule has 0 aromatic heterocycles. The first-order valence-corrected chi connectivity index (χ1v) is 4.85. The van der Waals surface area contributed by atoms with Crippen molar-refractivity contribution in [3.05, 3.63) is 0 Å². The van der Waals surface area contributed by atoms with Gasteiger partial charge in [0.05, 0.1) is 6.10 Å². The van der Waals surface area contributed by atoms with E-state index in [0.29, 0.717) is 5.92 Å². The Morgan fingerprint density at radius 2 is 1.92 bits per heavy atom. The molecule has 70 valence electrons. The fourth-order valence-electron chi connectivity index (χ4n) is 3.41. The van der Waals surface area contributed by atoms with Crippen LogP contribution in [0.25, 0.3) is 0 Å². The molecule has 0 unspecified atom stereocenters. The van der Waals surface area contributed by atoms with E-state index in [9.17, 15) is 5.11 Å². The van der Waals surface area contributed by atoms with E-state index in [2.05, 4.69) is 20.8 Å². The van der Waals surface area contributed by atoms with Gasteiger partial charge in [-0.3, -0.25) is 0 Å². The van der Waals surface area contributed by atoms with Crippen LogP contribution in [-0.4, -0.2) is 17.3 Å². The summed E-state index contributed by atoms with van der Waals surface area (Å²) in [5.41, 5.74) is 6.27. The van der Waals surface area contributed by atoms with E-state index in [-0.39, 0.29) is 23.0 Å². The molecular formula is C10H19NO. The summed E-state index contributed by atoms with van der Waals surface area (Å²) in [7, 11) is 0. The third-order valence-corrected chi connectivity index (χ3v) is 4.86. The molecule has 3 N–H and O–H groups in total. The molecule has 0 heterocycles. The largest absolute Gasteiger partial charge is 0.391 e. The number of nitrogens with two attached hydrogens (primary N) is 1. The van der Waals surface area contributed by atoms with Gasteiger partial charge in [-0.05, 0) is 24.2 Å². The summed E-state index contributed by atoms with van der Waals surface area (Å²) < 4.78 is 0. The smallest absolute Gasteiger partial charge is 0.0752 e. The van der Waals surface area contributed by atoms with Crippen LogP contribution < -0.4 is 5.73 Å². The Bertz CT molecular complexity index is 214. The van der Waals surface area contributed by atoms with E-state index in [4.69, 9.17) is 5.73 Å². The van der Waals surface area contributed by atoms with Crippen LogP contribution in [0.3, 0.4) is 0 Å². The van der Waals surface area contributed by atoms with E-state index >= 15 is 0 Å². The second-order valence-electron chi connectivity index (χ2n) is 5.31. The quantitative estimate of drug-likeness (QED) is 0.571. The van der Waals surface area contributed by atoms with Crippen LogP contribution in [0.15, 0.2) is 0 Å². The minimum Gasteiger partial charge on any atom is -0.391 e. The molecule has 2 heteroatoms. The third kappa shape index (κ3) is 0.647. The Kier molecular flexibility index (Phi) is 1.45. The summed E-state index contributed by atoms with van der Waals surface area (Å²) >= 11 is 0. The third-order valence-electron chi connectivity index (χ3n) is 4.86. The average molecular weight is 169 g/mol. The zero-order valence-corrected chi connectivity index (χ0v) is 8.17. The van der Waals surface area contributed by atoms with Crippen molar-refractivity contribution in [3.63, 3.8) is 0 Å². The second kappa shape index (κ2) is 2.05. The maximum Gasteiger partial charge on any atom is 0.0752 e. The number of aliphatic hydroxyl groups is 1. The molecule has 12 heavy (non-hydrogen) atoms. The van der Waals surface area contributed by atoms with Gasteiger partial charge in [-0.2, -0.15) is 0 Å². The van der Waals surface area contributed by atoms with Gasteiger partial charge in [-0.25, -0.2) is 0 Å². The molecule has 0 aliphatic heterocycles. The van der Waals surface area contributed by atoms with Gasteiger partial charge in [0.2, 0.25) is 0 Å². The van der Waals surface area contributed by atoms with E-state index < -0.39 is 0 Å². The molecule has 0 aromatic rings. The highest BCUT2D eigenvalue weighted by Gasteiger charge is 2.64. The first kappa shape index (κ1) is 8.52. The standard InChI is InChI=1S/C10H19NO/c1-9(2)6-4-5-10(9,3)8(12)7(6)11/h6-8,12H,4-5,11H2,1-3H3/t6-,7-,8-,10+/m1/s1. The van der Waals surface area contributed by atoms with Crippen LogP contribution in [-0.2, 0) is 0 Å². The maximum atomic E-state index is 9.96. The van der Waals surface area contributed by atoms with Gasteiger partial charge < -0.3 is 10.8 Å². The molecule has 2 saturated carbocycles. The fraction of sp³-hybridized carbons (Fsp3) is 1.00. The van der Waals surface area contributed by atoms with Gasteiger partial charge in [-0.1, -0.05) is 20.8 Å². The molecular weight excluding hydrogens is 150 g/mol. The highest BCUT2D eigenvalue weighted by atomic mass is 16.3. The van der Waals surface area contributed by atoms with Crippen molar-refractivity contribution >= 4 is 0 Å². The summed E-state index contributed by atoms with van der Waals surface area (Å²) in [6, 6.07) is 0.0127. The molecule has 2 nitrogen and oxygen atoms in total.